The van der Waals surface area contributed by atoms with Gasteiger partial charge in [-0.15, -0.1) is 0 Å². The summed E-state index contributed by atoms with van der Waals surface area (Å²) in [6.45, 7) is 5.64. The van der Waals surface area contributed by atoms with Crippen molar-refractivity contribution in [1.29, 1.82) is 0 Å². The summed E-state index contributed by atoms with van der Waals surface area (Å²) < 4.78 is 17.6. The van der Waals surface area contributed by atoms with Crippen molar-refractivity contribution in [2.24, 2.45) is 0 Å². The summed E-state index contributed by atoms with van der Waals surface area (Å²) in [4.78, 5) is 26.5. The second-order valence-electron chi connectivity index (χ2n) is 21.4. The van der Waals surface area contributed by atoms with Crippen LogP contribution < -0.4 is 5.32 Å². The molecule has 0 aliphatic carbocycles. The molecule has 444 valence electrons. The van der Waals surface area contributed by atoms with Gasteiger partial charge in [0.2, 0.25) is 5.91 Å². The molecule has 1 aliphatic heterocycles. The molecule has 11 nitrogen and oxygen atoms in total. The van der Waals surface area contributed by atoms with E-state index in [2.05, 4.69) is 99.0 Å². The smallest absolute Gasteiger partial charge is 0.306 e. The van der Waals surface area contributed by atoms with Crippen LogP contribution in [0.2, 0.25) is 0 Å². The molecule has 0 aromatic heterocycles. The van der Waals surface area contributed by atoms with E-state index >= 15 is 0 Å². The highest BCUT2D eigenvalue weighted by atomic mass is 16.7. The first-order chi connectivity index (χ1) is 37.7. The average molecular weight is 1080 g/mol. The molecule has 1 fully saturated rings. The molecule has 0 radical (unpaired) electrons. The number of allylic oxidation sites excluding steroid dienone is 13. The summed E-state index contributed by atoms with van der Waals surface area (Å²) in [5, 5.41) is 57.0. The van der Waals surface area contributed by atoms with Crippen molar-refractivity contribution in [3.8, 4) is 0 Å². The number of amides is 1. The third kappa shape index (κ3) is 41.5. The van der Waals surface area contributed by atoms with Crippen LogP contribution in [0.4, 0.5) is 0 Å². The number of carbonyl (C=O) groups is 2. The molecule has 1 heterocycles. The summed E-state index contributed by atoms with van der Waals surface area (Å²) >= 11 is 0. The van der Waals surface area contributed by atoms with Crippen molar-refractivity contribution in [2.75, 3.05) is 13.2 Å². The van der Waals surface area contributed by atoms with Gasteiger partial charge in [-0.3, -0.25) is 9.59 Å². The highest BCUT2D eigenvalue weighted by Gasteiger charge is 2.47. The van der Waals surface area contributed by atoms with Gasteiger partial charge in [0.05, 0.1) is 25.4 Å². The van der Waals surface area contributed by atoms with E-state index in [4.69, 9.17) is 14.2 Å². The second-order valence-corrected chi connectivity index (χ2v) is 21.4. The van der Waals surface area contributed by atoms with Gasteiger partial charge in [0, 0.05) is 6.42 Å². The molecule has 1 amide bonds. The number of unbranched alkanes of at least 4 members (excludes halogenated alkanes) is 26. The molecule has 77 heavy (non-hydrogen) atoms. The molecule has 0 aromatic rings. The monoisotopic (exact) mass is 1080 g/mol. The summed E-state index contributed by atoms with van der Waals surface area (Å²) in [7, 11) is 0. The second kappa shape index (κ2) is 53.5. The normalized spacial score (nSPS) is 19.6. The van der Waals surface area contributed by atoms with Gasteiger partial charge in [0.1, 0.15) is 24.4 Å². The third-order valence-electron chi connectivity index (χ3n) is 14.3. The lowest BCUT2D eigenvalue weighted by Crippen LogP contribution is -2.61. The van der Waals surface area contributed by atoms with Gasteiger partial charge in [-0.2, -0.15) is 0 Å². The fraction of sp³-hybridized carbons (Fsp3) is 0.758. The zero-order valence-electron chi connectivity index (χ0n) is 49.1. The fourth-order valence-electron chi connectivity index (χ4n) is 9.32. The first-order valence-electron chi connectivity index (χ1n) is 31.4. The van der Waals surface area contributed by atoms with Gasteiger partial charge in [-0.1, -0.05) is 241 Å². The van der Waals surface area contributed by atoms with E-state index in [-0.39, 0.29) is 19.4 Å². The maximum absolute atomic E-state index is 13.4. The lowest BCUT2D eigenvalue weighted by atomic mass is 9.99. The fourth-order valence-corrected chi connectivity index (χ4v) is 9.32. The van der Waals surface area contributed by atoms with Crippen molar-refractivity contribution in [3.05, 3.63) is 85.1 Å². The number of nitrogens with one attached hydrogen (secondary N) is 1. The number of rotatable bonds is 52. The zero-order chi connectivity index (χ0) is 56.1. The highest BCUT2D eigenvalue weighted by Crippen LogP contribution is 2.26. The van der Waals surface area contributed by atoms with Gasteiger partial charge in [0.25, 0.3) is 0 Å². The van der Waals surface area contributed by atoms with E-state index in [0.717, 1.165) is 122 Å². The van der Waals surface area contributed by atoms with Crippen LogP contribution in [0, 0.1) is 0 Å². The summed E-state index contributed by atoms with van der Waals surface area (Å²) in [6.07, 6.45) is 59.0. The van der Waals surface area contributed by atoms with Gasteiger partial charge in [-0.05, 0) is 96.3 Å². The largest absolute Gasteiger partial charge is 0.454 e. The Morgan fingerprint density at radius 2 is 0.935 bits per heavy atom. The lowest BCUT2D eigenvalue weighted by molar-refractivity contribution is -0.305. The van der Waals surface area contributed by atoms with Gasteiger partial charge in [0.15, 0.2) is 12.4 Å². The number of esters is 1. The Bertz CT molecular complexity index is 1570. The lowest BCUT2D eigenvalue weighted by Gasteiger charge is -2.41. The molecule has 0 aromatic carbocycles. The predicted octanol–water partition coefficient (Wildman–Crippen LogP) is 14.9. The number of hydrogen-bond acceptors (Lipinski definition) is 10. The standard InChI is InChI=1S/C66H115NO10/c1-4-7-10-13-16-19-22-24-26-27-28-29-30-31-32-34-35-38-41-44-47-50-53-59(70)65(74)67-57(58(69)52-49-46-43-40-37-21-18-15-12-9-6-3)56-75-66-64(63(73)62(72)60(55-68)76-66)77-61(71)54-51-48-45-42-39-36-33-25-23-20-17-14-11-8-5-2/h7,10,16,19-20,23-24,26,28-29,31-32,49,52,57-60,62-64,66,68-70,72-73H,4-6,8-9,11-15,17-18,21-22,25,27,30,33-48,50-51,53-56H2,1-3H3,(H,67,74)/b10-7-,19-16-,23-20-,26-24-,29-28-,32-31-,52-49+. The SMILES string of the molecule is CC/C=C\C/C=C\C/C=C\C/C=C\C/C=C\CCCCCCCCC(O)C(=O)NC(COC1OC(CO)C(O)C(O)C1OC(=O)CCCCCCCCC/C=C\CCCCCC)C(O)/C=C/CCCCCCCCCCC. The third-order valence-corrected chi connectivity index (χ3v) is 14.3. The van der Waals surface area contributed by atoms with Crippen LogP contribution >= 0.6 is 0 Å². The van der Waals surface area contributed by atoms with Crippen LogP contribution in [0.1, 0.15) is 258 Å². The molecule has 1 rings (SSSR count). The van der Waals surface area contributed by atoms with Crippen molar-refractivity contribution < 1.29 is 49.3 Å². The first kappa shape index (κ1) is 71.9. The van der Waals surface area contributed by atoms with Crippen molar-refractivity contribution >= 4 is 11.9 Å². The first-order valence-corrected chi connectivity index (χ1v) is 31.4. The molecule has 8 atom stereocenters. The van der Waals surface area contributed by atoms with Crippen LogP contribution in [0.15, 0.2) is 85.1 Å². The van der Waals surface area contributed by atoms with E-state index in [9.17, 15) is 35.1 Å². The number of carbonyl (C=O) groups excluding carboxylic acids is 2. The van der Waals surface area contributed by atoms with E-state index < -0.39 is 67.4 Å². The zero-order valence-corrected chi connectivity index (χ0v) is 49.1. The molecular formula is C66H115NO10. The minimum atomic E-state index is -1.62. The van der Waals surface area contributed by atoms with Gasteiger partial charge in [-0.25, -0.2) is 0 Å². The van der Waals surface area contributed by atoms with Crippen LogP contribution in [0.25, 0.3) is 0 Å². The summed E-state index contributed by atoms with van der Waals surface area (Å²) in [6, 6.07) is -1.03. The Morgan fingerprint density at radius 1 is 0.519 bits per heavy atom. The molecule has 0 bridgehead atoms. The molecule has 6 N–H and O–H groups in total. The molecule has 8 unspecified atom stereocenters. The molecule has 0 saturated carbocycles. The van der Waals surface area contributed by atoms with Crippen LogP contribution in [0.5, 0.6) is 0 Å². The van der Waals surface area contributed by atoms with E-state index in [1.807, 2.05) is 6.08 Å². The minimum Gasteiger partial charge on any atom is -0.454 e. The molecular weight excluding hydrogens is 967 g/mol. The number of aliphatic hydroxyl groups is 5. The molecule has 0 spiro atoms. The van der Waals surface area contributed by atoms with Crippen molar-refractivity contribution in [3.63, 3.8) is 0 Å². The van der Waals surface area contributed by atoms with E-state index in [0.29, 0.717) is 12.8 Å². The van der Waals surface area contributed by atoms with Crippen molar-refractivity contribution in [2.45, 2.75) is 307 Å². The maximum atomic E-state index is 13.4. The van der Waals surface area contributed by atoms with E-state index in [1.54, 1.807) is 6.08 Å². The quantitative estimate of drug-likeness (QED) is 0.0195. The van der Waals surface area contributed by atoms with Gasteiger partial charge < -0.3 is 45.1 Å². The Labute approximate surface area is 470 Å². The Kier molecular flexibility index (Phi) is 49.9. The maximum Gasteiger partial charge on any atom is 0.306 e. The summed E-state index contributed by atoms with van der Waals surface area (Å²) in [5.74, 6) is -1.21. The Morgan fingerprint density at radius 3 is 1.43 bits per heavy atom. The van der Waals surface area contributed by atoms with Crippen molar-refractivity contribution in [1.82, 2.24) is 5.32 Å². The minimum absolute atomic E-state index is 0.114. The highest BCUT2D eigenvalue weighted by molar-refractivity contribution is 5.80. The topological polar surface area (TPSA) is 175 Å². The predicted molar refractivity (Wildman–Crippen MR) is 319 cm³/mol. The summed E-state index contributed by atoms with van der Waals surface area (Å²) in [5.41, 5.74) is 0. The van der Waals surface area contributed by atoms with Crippen LogP contribution in [-0.2, 0) is 23.8 Å². The van der Waals surface area contributed by atoms with Crippen LogP contribution in [0.3, 0.4) is 0 Å². The number of aliphatic hydroxyl groups excluding tert-OH is 5. The molecule has 1 aliphatic rings. The molecule has 11 heteroatoms. The Balaban J connectivity index is 2.66. The van der Waals surface area contributed by atoms with E-state index in [1.165, 1.54) is 89.9 Å². The average Bonchev–Trinajstić information content (AvgIpc) is 3.43. The number of hydrogen-bond donors (Lipinski definition) is 6. The van der Waals surface area contributed by atoms with Gasteiger partial charge >= 0.3 is 5.97 Å². The molecule has 1 saturated heterocycles. The van der Waals surface area contributed by atoms with Crippen LogP contribution in [-0.4, -0.2) is 99.6 Å². The number of ether oxygens (including phenoxy) is 3. The Hall–Kier alpha value is -3.16.